The minimum absolute atomic E-state index is 0.0641. The number of benzene rings is 2. The third-order valence-electron chi connectivity index (χ3n) is 3.48. The van der Waals surface area contributed by atoms with Crippen molar-refractivity contribution in [1.82, 2.24) is 5.32 Å². The van der Waals surface area contributed by atoms with Crippen molar-refractivity contribution < 1.29 is 9.59 Å². The molecule has 0 saturated carbocycles. The summed E-state index contributed by atoms with van der Waals surface area (Å²) < 4.78 is 0.990. The number of amides is 2. The SMILES string of the molecule is O=C1CC(C(=O)Nc2ccc(Br)c3ccccc23)CN1. The van der Waals surface area contributed by atoms with Gasteiger partial charge in [0.2, 0.25) is 11.8 Å². The second-order valence-corrected chi connectivity index (χ2v) is 5.69. The highest BCUT2D eigenvalue weighted by Crippen LogP contribution is 2.30. The smallest absolute Gasteiger partial charge is 0.229 e. The molecule has 3 rings (SSSR count). The molecule has 1 aliphatic heterocycles. The van der Waals surface area contributed by atoms with E-state index in [1.807, 2.05) is 36.4 Å². The van der Waals surface area contributed by atoms with Gasteiger partial charge in [0.25, 0.3) is 0 Å². The van der Waals surface area contributed by atoms with Crippen LogP contribution in [0.5, 0.6) is 0 Å². The highest BCUT2D eigenvalue weighted by Gasteiger charge is 2.28. The molecule has 102 valence electrons. The van der Waals surface area contributed by atoms with Crippen molar-refractivity contribution in [2.24, 2.45) is 5.92 Å². The van der Waals surface area contributed by atoms with Crippen LogP contribution in [0.2, 0.25) is 0 Å². The number of hydrogen-bond donors (Lipinski definition) is 2. The summed E-state index contributed by atoms with van der Waals surface area (Å²) in [4.78, 5) is 23.3. The number of anilines is 1. The number of carbonyl (C=O) groups excluding carboxylic acids is 2. The maximum Gasteiger partial charge on any atom is 0.229 e. The maximum absolute atomic E-state index is 12.2. The normalized spacial score (nSPS) is 18.1. The molecule has 1 fully saturated rings. The second-order valence-electron chi connectivity index (χ2n) is 4.83. The van der Waals surface area contributed by atoms with Crippen LogP contribution in [0.4, 0.5) is 5.69 Å². The number of rotatable bonds is 2. The van der Waals surface area contributed by atoms with E-state index in [0.717, 1.165) is 20.9 Å². The van der Waals surface area contributed by atoms with Gasteiger partial charge >= 0.3 is 0 Å². The molecular weight excluding hydrogens is 320 g/mol. The van der Waals surface area contributed by atoms with Crippen LogP contribution in [0, 0.1) is 5.92 Å². The first kappa shape index (κ1) is 13.1. The second kappa shape index (κ2) is 5.25. The minimum atomic E-state index is -0.287. The summed E-state index contributed by atoms with van der Waals surface area (Å²) >= 11 is 3.50. The number of hydrogen-bond acceptors (Lipinski definition) is 2. The molecule has 1 saturated heterocycles. The summed E-state index contributed by atoms with van der Waals surface area (Å²) in [5, 5.41) is 7.62. The summed E-state index contributed by atoms with van der Waals surface area (Å²) in [7, 11) is 0. The van der Waals surface area contributed by atoms with Crippen molar-refractivity contribution >= 4 is 44.2 Å². The van der Waals surface area contributed by atoms with Crippen molar-refractivity contribution in [2.75, 3.05) is 11.9 Å². The lowest BCUT2D eigenvalue weighted by atomic mass is 10.1. The standard InChI is InChI=1S/C15H13BrN2O2/c16-12-5-6-13(11-4-2-1-3-10(11)12)18-15(20)9-7-14(19)17-8-9/h1-6,9H,7-8H2,(H,17,19)(H,18,20). The zero-order valence-electron chi connectivity index (χ0n) is 10.7. The van der Waals surface area contributed by atoms with E-state index < -0.39 is 0 Å². The monoisotopic (exact) mass is 332 g/mol. The number of nitrogens with one attached hydrogen (secondary N) is 2. The molecule has 0 aliphatic carbocycles. The van der Waals surface area contributed by atoms with E-state index in [0.29, 0.717) is 6.54 Å². The van der Waals surface area contributed by atoms with Gasteiger partial charge in [-0.1, -0.05) is 40.2 Å². The van der Waals surface area contributed by atoms with E-state index in [-0.39, 0.29) is 24.2 Å². The van der Waals surface area contributed by atoms with Crippen LogP contribution in [-0.4, -0.2) is 18.4 Å². The molecule has 0 radical (unpaired) electrons. The number of halogens is 1. The first-order valence-corrected chi connectivity index (χ1v) is 7.19. The minimum Gasteiger partial charge on any atom is -0.355 e. The molecule has 1 atom stereocenters. The summed E-state index contributed by atoms with van der Waals surface area (Å²) in [5.74, 6) is -0.466. The fraction of sp³-hybridized carbons (Fsp3) is 0.200. The lowest BCUT2D eigenvalue weighted by Gasteiger charge is -2.12. The van der Waals surface area contributed by atoms with Crippen LogP contribution >= 0.6 is 15.9 Å². The van der Waals surface area contributed by atoms with E-state index in [9.17, 15) is 9.59 Å². The van der Waals surface area contributed by atoms with Crippen molar-refractivity contribution in [1.29, 1.82) is 0 Å². The van der Waals surface area contributed by atoms with Crippen LogP contribution in [-0.2, 0) is 9.59 Å². The molecule has 0 bridgehead atoms. The van der Waals surface area contributed by atoms with Gasteiger partial charge < -0.3 is 10.6 Å². The summed E-state index contributed by atoms with van der Waals surface area (Å²) in [6, 6.07) is 11.6. The number of fused-ring (bicyclic) bond motifs is 1. The average Bonchev–Trinajstić information content (AvgIpc) is 2.89. The molecule has 0 spiro atoms. The molecule has 2 aromatic carbocycles. The fourth-order valence-corrected chi connectivity index (χ4v) is 2.87. The predicted molar refractivity (Wildman–Crippen MR) is 81.4 cm³/mol. The Bertz CT molecular complexity index is 699. The molecule has 2 aromatic rings. The van der Waals surface area contributed by atoms with Gasteiger partial charge in [0, 0.05) is 28.5 Å². The number of carbonyl (C=O) groups is 2. The van der Waals surface area contributed by atoms with Crippen molar-refractivity contribution in [3.8, 4) is 0 Å². The lowest BCUT2D eigenvalue weighted by Crippen LogP contribution is -2.24. The lowest BCUT2D eigenvalue weighted by molar-refractivity contribution is -0.123. The Morgan fingerprint density at radius 1 is 1.20 bits per heavy atom. The molecule has 0 aromatic heterocycles. The predicted octanol–water partition coefficient (Wildman–Crippen LogP) is 2.68. The van der Waals surface area contributed by atoms with E-state index in [4.69, 9.17) is 0 Å². The van der Waals surface area contributed by atoms with Gasteiger partial charge in [0.05, 0.1) is 5.92 Å². The zero-order chi connectivity index (χ0) is 14.1. The summed E-state index contributed by atoms with van der Waals surface area (Å²) in [6.45, 7) is 0.416. The quantitative estimate of drug-likeness (QED) is 0.888. The molecule has 2 N–H and O–H groups in total. The first-order valence-electron chi connectivity index (χ1n) is 6.40. The molecule has 2 amide bonds. The van der Waals surface area contributed by atoms with E-state index in [1.54, 1.807) is 0 Å². The van der Waals surface area contributed by atoms with Crippen LogP contribution in [0.1, 0.15) is 6.42 Å². The first-order chi connectivity index (χ1) is 9.65. The molecule has 5 heteroatoms. The van der Waals surface area contributed by atoms with E-state index in [1.165, 1.54) is 0 Å². The third-order valence-corrected chi connectivity index (χ3v) is 4.17. The van der Waals surface area contributed by atoms with E-state index in [2.05, 4.69) is 26.6 Å². The maximum atomic E-state index is 12.2. The fourth-order valence-electron chi connectivity index (χ4n) is 2.40. The third kappa shape index (κ3) is 2.41. The van der Waals surface area contributed by atoms with Gasteiger partial charge in [-0.2, -0.15) is 0 Å². The highest BCUT2D eigenvalue weighted by molar-refractivity contribution is 9.10. The zero-order valence-corrected chi connectivity index (χ0v) is 12.2. The largest absolute Gasteiger partial charge is 0.355 e. The molecule has 1 aliphatic rings. The van der Waals surface area contributed by atoms with Crippen molar-refractivity contribution in [2.45, 2.75) is 6.42 Å². The summed E-state index contributed by atoms with van der Waals surface area (Å²) in [6.07, 6.45) is 0.264. The van der Waals surface area contributed by atoms with Gasteiger partial charge in [-0.3, -0.25) is 9.59 Å². The molecular formula is C15H13BrN2O2. The molecule has 1 unspecified atom stereocenters. The van der Waals surface area contributed by atoms with Crippen LogP contribution in [0.15, 0.2) is 40.9 Å². The Hall–Kier alpha value is -1.88. The Balaban J connectivity index is 1.89. The van der Waals surface area contributed by atoms with E-state index >= 15 is 0 Å². The highest BCUT2D eigenvalue weighted by atomic mass is 79.9. The van der Waals surface area contributed by atoms with Crippen LogP contribution in [0.25, 0.3) is 10.8 Å². The van der Waals surface area contributed by atoms with Crippen LogP contribution in [0.3, 0.4) is 0 Å². The average molecular weight is 333 g/mol. The topological polar surface area (TPSA) is 58.2 Å². The molecule has 4 nitrogen and oxygen atoms in total. The van der Waals surface area contributed by atoms with Crippen LogP contribution < -0.4 is 10.6 Å². The van der Waals surface area contributed by atoms with Gasteiger partial charge in [-0.25, -0.2) is 0 Å². The van der Waals surface area contributed by atoms with Gasteiger partial charge in [0.15, 0.2) is 0 Å². The Morgan fingerprint density at radius 2 is 1.95 bits per heavy atom. The van der Waals surface area contributed by atoms with Gasteiger partial charge in [-0.05, 0) is 17.5 Å². The Labute approximate surface area is 124 Å². The van der Waals surface area contributed by atoms with Gasteiger partial charge in [0.1, 0.15) is 0 Å². The van der Waals surface area contributed by atoms with Crippen molar-refractivity contribution in [3.63, 3.8) is 0 Å². The van der Waals surface area contributed by atoms with Gasteiger partial charge in [-0.15, -0.1) is 0 Å². The Morgan fingerprint density at radius 3 is 2.65 bits per heavy atom. The molecule has 1 heterocycles. The summed E-state index contributed by atoms with van der Waals surface area (Å²) in [5.41, 5.74) is 0.771. The molecule has 20 heavy (non-hydrogen) atoms. The van der Waals surface area contributed by atoms with Crippen molar-refractivity contribution in [3.05, 3.63) is 40.9 Å². The Kier molecular flexibility index (Phi) is 3.44.